The van der Waals surface area contributed by atoms with Gasteiger partial charge in [-0.2, -0.15) is 0 Å². The highest BCUT2D eigenvalue weighted by atomic mass is 16.4. The summed E-state index contributed by atoms with van der Waals surface area (Å²) in [5, 5.41) is 45.1. The number of hydrogen-bond acceptors (Lipinski definition) is 6. The Morgan fingerprint density at radius 1 is 0.640 bits per heavy atom. The van der Waals surface area contributed by atoms with Gasteiger partial charge in [-0.1, -0.05) is 0 Å². The number of nitrogens with zero attached hydrogens (tertiary/aromatic N) is 1. The average molecular weight is 349 g/mol. The molecule has 0 aliphatic rings. The molecule has 0 saturated heterocycles. The molecule has 0 bridgehead atoms. The second-order valence-corrected chi connectivity index (χ2v) is 4.64. The largest absolute Gasteiger partial charge is 0.478 e. The van der Waals surface area contributed by atoms with Gasteiger partial charge in [-0.15, -0.1) is 0 Å². The molecule has 11 heteroatoms. The first-order valence-corrected chi connectivity index (χ1v) is 6.24. The molecule has 0 fully saturated rings. The van der Waals surface area contributed by atoms with E-state index in [9.17, 15) is 39.3 Å². The Kier molecular flexibility index (Phi) is 4.08. The lowest BCUT2D eigenvalue weighted by Gasteiger charge is -2.13. The zero-order valence-electron chi connectivity index (χ0n) is 11.9. The Bertz CT molecular complexity index is 991. The van der Waals surface area contributed by atoms with Crippen molar-refractivity contribution in [1.29, 1.82) is 0 Å². The minimum atomic E-state index is -1.84. The first-order chi connectivity index (χ1) is 11.6. The van der Waals surface area contributed by atoms with Gasteiger partial charge in [0.2, 0.25) is 0 Å². The van der Waals surface area contributed by atoms with Gasteiger partial charge in [0.1, 0.15) is 5.56 Å². The van der Waals surface area contributed by atoms with E-state index in [2.05, 4.69) is 4.98 Å². The molecule has 2 aromatic rings. The average Bonchev–Trinajstić information content (AvgIpc) is 2.50. The van der Waals surface area contributed by atoms with Crippen molar-refractivity contribution in [2.75, 3.05) is 0 Å². The van der Waals surface area contributed by atoms with Crippen molar-refractivity contribution in [2.24, 2.45) is 0 Å². The van der Waals surface area contributed by atoms with E-state index in [1.807, 2.05) is 0 Å². The molecule has 5 N–H and O–H groups in total. The predicted octanol–water partition coefficient (Wildman–Crippen LogP) is 0.726. The minimum absolute atomic E-state index is 0.455. The second kappa shape index (κ2) is 5.88. The third kappa shape index (κ3) is 2.69. The van der Waals surface area contributed by atoms with Gasteiger partial charge in [-0.3, -0.25) is 4.98 Å². The molecular weight excluding hydrogens is 342 g/mol. The summed E-state index contributed by atoms with van der Waals surface area (Å²) in [7, 11) is 0. The molecule has 1 aromatic carbocycles. The Hall–Kier alpha value is -4.02. The summed E-state index contributed by atoms with van der Waals surface area (Å²) in [6.07, 6.45) is 0.526. The summed E-state index contributed by atoms with van der Waals surface area (Å²) in [4.78, 5) is 60.2. The van der Waals surface area contributed by atoms with Crippen LogP contribution in [0.1, 0.15) is 51.8 Å². The Morgan fingerprint density at radius 3 is 1.52 bits per heavy atom. The number of benzene rings is 1. The van der Waals surface area contributed by atoms with Crippen molar-refractivity contribution in [3.63, 3.8) is 0 Å². The zero-order valence-corrected chi connectivity index (χ0v) is 11.9. The normalized spacial score (nSPS) is 10.4. The maximum atomic E-state index is 11.5. The van der Waals surface area contributed by atoms with Crippen molar-refractivity contribution >= 4 is 40.7 Å². The van der Waals surface area contributed by atoms with Crippen LogP contribution in [0.3, 0.4) is 0 Å². The van der Waals surface area contributed by atoms with Gasteiger partial charge in [-0.25, -0.2) is 24.0 Å². The smallest absolute Gasteiger partial charge is 0.338 e. The Morgan fingerprint density at radius 2 is 1.12 bits per heavy atom. The zero-order chi connectivity index (χ0) is 19.0. The van der Waals surface area contributed by atoms with Crippen molar-refractivity contribution in [1.82, 2.24) is 4.98 Å². The van der Waals surface area contributed by atoms with Crippen LogP contribution in [-0.2, 0) is 0 Å². The number of fused-ring (bicyclic) bond motifs is 1. The maximum absolute atomic E-state index is 11.5. The molecule has 25 heavy (non-hydrogen) atoms. The topological polar surface area (TPSA) is 199 Å². The van der Waals surface area contributed by atoms with Gasteiger partial charge in [0.05, 0.1) is 27.8 Å². The van der Waals surface area contributed by atoms with Crippen LogP contribution in [0.25, 0.3) is 10.9 Å². The molecule has 0 radical (unpaired) electrons. The van der Waals surface area contributed by atoms with E-state index in [4.69, 9.17) is 10.2 Å². The van der Waals surface area contributed by atoms with Gasteiger partial charge in [0, 0.05) is 11.6 Å². The Balaban J connectivity index is 3.25. The molecule has 0 amide bonds. The predicted molar refractivity (Wildman–Crippen MR) is 76.5 cm³/mol. The van der Waals surface area contributed by atoms with Gasteiger partial charge in [-0.05, 0) is 6.07 Å². The lowest BCUT2D eigenvalue weighted by molar-refractivity contribution is 0.0648. The standard InChI is InChI=1S/C14H7NO10/c16-10(17)3-1-4(11(18)19)8(14(24)25)9-6(3)7(13(22)23)5(2-15-9)12(20)21/h1-2H,(H,16,17)(H,18,19)(H,20,21)(H,22,23)(H,24,25). The molecule has 128 valence electrons. The number of carbonyl (C=O) groups is 5. The van der Waals surface area contributed by atoms with E-state index in [1.54, 1.807) is 0 Å². The van der Waals surface area contributed by atoms with Crippen LogP contribution in [0.15, 0.2) is 12.3 Å². The maximum Gasteiger partial charge on any atom is 0.338 e. The molecule has 0 unspecified atom stereocenters. The summed E-state index contributed by atoms with van der Waals surface area (Å²) < 4.78 is 0. The molecule has 0 aliphatic heterocycles. The number of aromatic carboxylic acids is 5. The monoisotopic (exact) mass is 349 g/mol. The highest BCUT2D eigenvalue weighted by Gasteiger charge is 2.30. The van der Waals surface area contributed by atoms with Crippen LogP contribution in [-0.4, -0.2) is 60.4 Å². The summed E-state index contributed by atoms with van der Waals surface area (Å²) in [5.41, 5.74) is -5.41. The molecular formula is C14H7NO10. The molecule has 0 atom stereocenters. The summed E-state index contributed by atoms with van der Waals surface area (Å²) in [6.45, 7) is 0. The Labute approximate surface area is 136 Å². The number of hydrogen-bond donors (Lipinski definition) is 5. The summed E-state index contributed by atoms with van der Waals surface area (Å²) in [5.74, 6) is -8.93. The van der Waals surface area contributed by atoms with E-state index in [1.165, 1.54) is 0 Å². The van der Waals surface area contributed by atoms with Crippen LogP contribution >= 0.6 is 0 Å². The van der Waals surface area contributed by atoms with E-state index in [-0.39, 0.29) is 0 Å². The van der Waals surface area contributed by atoms with Gasteiger partial charge in [0.25, 0.3) is 0 Å². The van der Waals surface area contributed by atoms with Crippen LogP contribution in [0, 0.1) is 0 Å². The van der Waals surface area contributed by atoms with E-state index in [0.29, 0.717) is 12.3 Å². The first-order valence-electron chi connectivity index (χ1n) is 6.24. The van der Waals surface area contributed by atoms with Gasteiger partial charge < -0.3 is 25.5 Å². The minimum Gasteiger partial charge on any atom is -0.478 e. The third-order valence-corrected chi connectivity index (χ3v) is 3.26. The fourth-order valence-corrected chi connectivity index (χ4v) is 2.32. The van der Waals surface area contributed by atoms with Crippen molar-refractivity contribution in [3.05, 3.63) is 40.1 Å². The number of carboxylic acid groups (broad SMARTS) is 5. The highest BCUT2D eigenvalue weighted by molar-refractivity contribution is 6.21. The first kappa shape index (κ1) is 17.3. The molecule has 1 heterocycles. The van der Waals surface area contributed by atoms with Gasteiger partial charge in [0.15, 0.2) is 0 Å². The lowest BCUT2D eigenvalue weighted by atomic mass is 9.93. The molecule has 0 aliphatic carbocycles. The fraction of sp³-hybridized carbons (Fsp3) is 0. The van der Waals surface area contributed by atoms with Crippen molar-refractivity contribution in [3.8, 4) is 0 Å². The van der Waals surface area contributed by atoms with E-state index < -0.39 is 68.6 Å². The summed E-state index contributed by atoms with van der Waals surface area (Å²) in [6, 6.07) is 0.455. The summed E-state index contributed by atoms with van der Waals surface area (Å²) >= 11 is 0. The fourth-order valence-electron chi connectivity index (χ4n) is 2.32. The molecule has 1 aromatic heterocycles. The lowest BCUT2D eigenvalue weighted by Crippen LogP contribution is -2.17. The molecule has 0 spiro atoms. The van der Waals surface area contributed by atoms with Crippen molar-refractivity contribution in [2.45, 2.75) is 0 Å². The molecule has 0 saturated carbocycles. The molecule has 11 nitrogen and oxygen atoms in total. The number of aromatic nitrogens is 1. The van der Waals surface area contributed by atoms with Gasteiger partial charge >= 0.3 is 29.8 Å². The number of pyridine rings is 1. The number of rotatable bonds is 5. The molecule has 2 rings (SSSR count). The third-order valence-electron chi connectivity index (χ3n) is 3.26. The van der Waals surface area contributed by atoms with Crippen molar-refractivity contribution < 1.29 is 49.5 Å². The van der Waals surface area contributed by atoms with Crippen LogP contribution in [0.4, 0.5) is 0 Å². The SMILES string of the molecule is O=C(O)c1cc(C(=O)O)c2c(C(=O)O)c(C(=O)O)cnc2c1C(=O)O. The van der Waals surface area contributed by atoms with E-state index >= 15 is 0 Å². The number of carboxylic acids is 5. The van der Waals surface area contributed by atoms with Crippen LogP contribution < -0.4 is 0 Å². The van der Waals surface area contributed by atoms with E-state index in [0.717, 1.165) is 0 Å². The van der Waals surface area contributed by atoms with Crippen LogP contribution in [0.5, 0.6) is 0 Å². The second-order valence-electron chi connectivity index (χ2n) is 4.64. The van der Waals surface area contributed by atoms with Crippen LogP contribution in [0.2, 0.25) is 0 Å². The highest BCUT2D eigenvalue weighted by Crippen LogP contribution is 2.30. The quantitative estimate of drug-likeness (QED) is 0.509.